The summed E-state index contributed by atoms with van der Waals surface area (Å²) in [6.07, 6.45) is 1.37. The quantitative estimate of drug-likeness (QED) is 0.748. The molecule has 0 aliphatic heterocycles. The first-order valence-corrected chi connectivity index (χ1v) is 5.30. The van der Waals surface area contributed by atoms with E-state index < -0.39 is 0 Å². The molecule has 1 aromatic rings. The zero-order chi connectivity index (χ0) is 12.0. The lowest BCUT2D eigenvalue weighted by Gasteiger charge is -2.05. The average Bonchev–Trinajstić information content (AvgIpc) is 2.28. The highest BCUT2D eigenvalue weighted by Crippen LogP contribution is 2.08. The molecule has 1 rings (SSSR count). The molecule has 0 saturated heterocycles. The normalized spacial score (nSPS) is 10.2. The summed E-state index contributed by atoms with van der Waals surface area (Å²) >= 11 is 0. The molecule has 0 aliphatic rings. The summed E-state index contributed by atoms with van der Waals surface area (Å²) in [7, 11) is 0. The van der Waals surface area contributed by atoms with Gasteiger partial charge in [-0.25, -0.2) is 4.39 Å². The molecule has 1 aromatic carbocycles. The van der Waals surface area contributed by atoms with Crippen LogP contribution >= 0.6 is 0 Å². The first kappa shape index (κ1) is 12.6. The Morgan fingerprint density at radius 2 is 2.19 bits per heavy atom. The van der Waals surface area contributed by atoms with E-state index in [-0.39, 0.29) is 18.3 Å². The number of aliphatic hydroxyl groups is 1. The summed E-state index contributed by atoms with van der Waals surface area (Å²) in [5.74, 6) is -0.653. The summed E-state index contributed by atoms with van der Waals surface area (Å²) in [5, 5.41) is 11.2. The van der Waals surface area contributed by atoms with Crippen molar-refractivity contribution in [2.75, 3.05) is 13.2 Å². The van der Waals surface area contributed by atoms with Crippen molar-refractivity contribution in [2.45, 2.75) is 19.8 Å². The monoisotopic (exact) mass is 225 g/mol. The van der Waals surface area contributed by atoms with Crippen molar-refractivity contribution in [1.82, 2.24) is 5.32 Å². The maximum Gasteiger partial charge on any atom is 0.251 e. The third-order valence-electron chi connectivity index (χ3n) is 2.30. The molecule has 0 heterocycles. The van der Waals surface area contributed by atoms with Crippen molar-refractivity contribution in [2.24, 2.45) is 0 Å². The molecule has 0 bridgehead atoms. The zero-order valence-electron chi connectivity index (χ0n) is 9.29. The Morgan fingerprint density at radius 1 is 1.44 bits per heavy atom. The number of aryl methyl sites for hydroxylation is 1. The fourth-order valence-corrected chi connectivity index (χ4v) is 1.27. The zero-order valence-corrected chi connectivity index (χ0v) is 9.29. The van der Waals surface area contributed by atoms with Crippen LogP contribution in [0, 0.1) is 12.7 Å². The SMILES string of the molecule is Cc1ccc(C(=O)NCCCCO)cc1F. The molecule has 4 heteroatoms. The van der Waals surface area contributed by atoms with Gasteiger partial charge in [0, 0.05) is 18.7 Å². The van der Waals surface area contributed by atoms with Gasteiger partial charge in [-0.15, -0.1) is 0 Å². The topological polar surface area (TPSA) is 49.3 Å². The van der Waals surface area contributed by atoms with Crippen LogP contribution < -0.4 is 5.32 Å². The first-order chi connectivity index (χ1) is 7.65. The number of rotatable bonds is 5. The summed E-state index contributed by atoms with van der Waals surface area (Å²) in [5.41, 5.74) is 0.851. The van der Waals surface area contributed by atoms with Gasteiger partial charge in [0.2, 0.25) is 0 Å². The third kappa shape index (κ3) is 3.62. The predicted molar refractivity (Wildman–Crippen MR) is 59.8 cm³/mol. The Morgan fingerprint density at radius 3 is 2.81 bits per heavy atom. The summed E-state index contributed by atoms with van der Waals surface area (Å²) in [6.45, 7) is 2.27. The number of hydrogen-bond donors (Lipinski definition) is 2. The minimum atomic E-state index is -0.372. The largest absolute Gasteiger partial charge is 0.396 e. The van der Waals surface area contributed by atoms with Crippen LogP contribution in [-0.2, 0) is 0 Å². The second kappa shape index (κ2) is 6.23. The minimum absolute atomic E-state index is 0.120. The van der Waals surface area contributed by atoms with Gasteiger partial charge in [-0.2, -0.15) is 0 Å². The van der Waals surface area contributed by atoms with Gasteiger partial charge in [-0.1, -0.05) is 6.07 Å². The van der Waals surface area contributed by atoms with E-state index in [1.807, 2.05) is 0 Å². The van der Waals surface area contributed by atoms with E-state index in [1.54, 1.807) is 19.1 Å². The van der Waals surface area contributed by atoms with E-state index in [1.165, 1.54) is 6.07 Å². The average molecular weight is 225 g/mol. The van der Waals surface area contributed by atoms with Gasteiger partial charge < -0.3 is 10.4 Å². The van der Waals surface area contributed by atoms with Gasteiger partial charge in [0.1, 0.15) is 5.82 Å². The van der Waals surface area contributed by atoms with Crippen LogP contribution in [0.3, 0.4) is 0 Å². The lowest BCUT2D eigenvalue weighted by Crippen LogP contribution is -2.24. The lowest BCUT2D eigenvalue weighted by atomic mass is 10.1. The molecule has 1 amide bonds. The van der Waals surface area contributed by atoms with Crippen LogP contribution in [0.4, 0.5) is 4.39 Å². The smallest absolute Gasteiger partial charge is 0.251 e. The lowest BCUT2D eigenvalue weighted by molar-refractivity contribution is 0.0951. The third-order valence-corrected chi connectivity index (χ3v) is 2.30. The maximum absolute atomic E-state index is 13.2. The Balaban J connectivity index is 2.50. The fourth-order valence-electron chi connectivity index (χ4n) is 1.27. The molecular weight excluding hydrogens is 209 g/mol. The second-order valence-electron chi connectivity index (χ2n) is 3.65. The summed E-state index contributed by atoms with van der Waals surface area (Å²) in [6, 6.07) is 4.41. The maximum atomic E-state index is 13.2. The predicted octanol–water partition coefficient (Wildman–Crippen LogP) is 1.64. The van der Waals surface area contributed by atoms with E-state index >= 15 is 0 Å². The highest BCUT2D eigenvalue weighted by Gasteiger charge is 2.06. The summed E-state index contributed by atoms with van der Waals surface area (Å²) in [4.78, 5) is 11.5. The molecule has 3 nitrogen and oxygen atoms in total. The molecule has 0 radical (unpaired) electrons. The van der Waals surface area contributed by atoms with Crippen molar-refractivity contribution in [3.8, 4) is 0 Å². The molecule has 0 spiro atoms. The van der Waals surface area contributed by atoms with E-state index in [4.69, 9.17) is 5.11 Å². The van der Waals surface area contributed by atoms with Gasteiger partial charge in [-0.05, 0) is 37.5 Å². The number of nitrogens with one attached hydrogen (secondary N) is 1. The van der Waals surface area contributed by atoms with E-state index in [9.17, 15) is 9.18 Å². The molecule has 0 atom stereocenters. The molecule has 0 aliphatic carbocycles. The molecule has 2 N–H and O–H groups in total. The van der Waals surface area contributed by atoms with Crippen LogP contribution in [-0.4, -0.2) is 24.2 Å². The molecule has 0 aromatic heterocycles. The highest BCUT2D eigenvalue weighted by atomic mass is 19.1. The van der Waals surface area contributed by atoms with Gasteiger partial charge in [-0.3, -0.25) is 4.79 Å². The van der Waals surface area contributed by atoms with Crippen molar-refractivity contribution >= 4 is 5.91 Å². The molecule has 0 unspecified atom stereocenters. The second-order valence-corrected chi connectivity index (χ2v) is 3.65. The Bertz CT molecular complexity index is 366. The summed E-state index contributed by atoms with van der Waals surface area (Å²) < 4.78 is 13.2. The van der Waals surface area contributed by atoms with Gasteiger partial charge >= 0.3 is 0 Å². The number of hydrogen-bond acceptors (Lipinski definition) is 2. The Labute approximate surface area is 94.3 Å². The van der Waals surface area contributed by atoms with Crippen LogP contribution in [0.5, 0.6) is 0 Å². The van der Waals surface area contributed by atoms with Crippen molar-refractivity contribution < 1.29 is 14.3 Å². The molecule has 88 valence electrons. The van der Waals surface area contributed by atoms with Gasteiger partial charge in [0.05, 0.1) is 0 Å². The Hall–Kier alpha value is -1.42. The van der Waals surface area contributed by atoms with E-state index in [0.29, 0.717) is 24.1 Å². The number of unbranched alkanes of at least 4 members (excludes halogenated alkanes) is 1. The van der Waals surface area contributed by atoms with E-state index in [0.717, 1.165) is 6.42 Å². The highest BCUT2D eigenvalue weighted by molar-refractivity contribution is 5.94. The van der Waals surface area contributed by atoms with Gasteiger partial charge in [0.25, 0.3) is 5.91 Å². The number of halogens is 1. The minimum Gasteiger partial charge on any atom is -0.396 e. The Kier molecular flexibility index (Phi) is 4.92. The van der Waals surface area contributed by atoms with Crippen molar-refractivity contribution in [3.63, 3.8) is 0 Å². The van der Waals surface area contributed by atoms with E-state index in [2.05, 4.69) is 5.32 Å². The standard InChI is InChI=1S/C12H16FNO2/c1-9-4-5-10(8-11(9)13)12(16)14-6-2-3-7-15/h4-5,8,15H,2-3,6-7H2,1H3,(H,14,16). The number of benzene rings is 1. The fraction of sp³-hybridized carbons (Fsp3) is 0.417. The molecule has 16 heavy (non-hydrogen) atoms. The van der Waals surface area contributed by atoms with Crippen molar-refractivity contribution in [1.29, 1.82) is 0 Å². The van der Waals surface area contributed by atoms with Crippen LogP contribution in [0.2, 0.25) is 0 Å². The van der Waals surface area contributed by atoms with Crippen LogP contribution in [0.15, 0.2) is 18.2 Å². The van der Waals surface area contributed by atoms with Crippen molar-refractivity contribution in [3.05, 3.63) is 35.1 Å². The van der Waals surface area contributed by atoms with Crippen LogP contribution in [0.25, 0.3) is 0 Å². The number of amides is 1. The number of carbonyl (C=O) groups is 1. The van der Waals surface area contributed by atoms with Gasteiger partial charge in [0.15, 0.2) is 0 Å². The molecule has 0 fully saturated rings. The number of aliphatic hydroxyl groups excluding tert-OH is 1. The number of carbonyl (C=O) groups excluding carboxylic acids is 1. The molecule has 0 saturated carbocycles. The van der Waals surface area contributed by atoms with Crippen LogP contribution in [0.1, 0.15) is 28.8 Å². The molecular formula is C12H16FNO2. The first-order valence-electron chi connectivity index (χ1n) is 5.30.